The summed E-state index contributed by atoms with van der Waals surface area (Å²) >= 11 is 0. The quantitative estimate of drug-likeness (QED) is 0.405. The summed E-state index contributed by atoms with van der Waals surface area (Å²) in [6, 6.07) is 0. The Morgan fingerprint density at radius 1 is 1.75 bits per heavy atom. The van der Waals surface area contributed by atoms with E-state index in [4.69, 9.17) is 5.21 Å². The van der Waals surface area contributed by atoms with Crippen LogP contribution >= 0.6 is 0 Å². The molecule has 0 aromatic heterocycles. The molecule has 0 heterocycles. The minimum Gasteiger partial charge on any atom is -0.160 e. The summed E-state index contributed by atoms with van der Waals surface area (Å²) in [4.78, 5) is 4.08. The topological polar surface area (TPSA) is 41.5 Å². The third-order valence-electron chi connectivity index (χ3n) is 1.08. The maximum atomic E-state index is 9.04. The van der Waals surface area contributed by atoms with Crippen molar-refractivity contribution in [2.24, 2.45) is 0 Å². The van der Waals surface area contributed by atoms with Crippen LogP contribution in [0, 0.1) is 0 Å². The zero-order valence-electron chi connectivity index (χ0n) is 5.51. The van der Waals surface area contributed by atoms with Gasteiger partial charge in [0.2, 0.25) is 0 Å². The fourth-order valence-electron chi connectivity index (χ4n) is 0.379. The van der Waals surface area contributed by atoms with Gasteiger partial charge in [0.05, 0.1) is 0 Å². The highest BCUT2D eigenvalue weighted by Crippen LogP contribution is 1.91. The molecule has 0 aliphatic heterocycles. The summed E-state index contributed by atoms with van der Waals surface area (Å²) in [6.07, 6.45) is 0. The lowest BCUT2D eigenvalue weighted by molar-refractivity contribution is -1.27. The van der Waals surface area contributed by atoms with E-state index in [-0.39, 0.29) is 0 Å². The fraction of sp³-hybridized carbons (Fsp3) is 1.00. The molecule has 0 radical (unpaired) electrons. The number of hydrogen-bond donors (Lipinski definition) is 2. The molecular formula is C4H13N2O2+. The van der Waals surface area contributed by atoms with Crippen molar-refractivity contribution in [3.8, 4) is 0 Å². The normalized spacial score (nSPS) is 18.0. The van der Waals surface area contributed by atoms with Crippen molar-refractivity contribution in [3.63, 3.8) is 0 Å². The highest BCUT2D eigenvalue weighted by molar-refractivity contribution is 3.97. The zero-order valence-corrected chi connectivity index (χ0v) is 5.51. The van der Waals surface area contributed by atoms with Crippen LogP contribution in [0.25, 0.3) is 0 Å². The Balaban J connectivity index is 3.58. The molecule has 4 heteroatoms. The van der Waals surface area contributed by atoms with Crippen LogP contribution in [0.15, 0.2) is 0 Å². The van der Waals surface area contributed by atoms with Gasteiger partial charge in [-0.2, -0.15) is 5.21 Å². The second kappa shape index (κ2) is 2.99. The summed E-state index contributed by atoms with van der Waals surface area (Å²) in [6.45, 7) is 2.28. The first-order chi connectivity index (χ1) is 3.68. The predicted molar refractivity (Wildman–Crippen MR) is 28.7 cm³/mol. The Hall–Kier alpha value is -0.160. The third kappa shape index (κ3) is 1.75. The van der Waals surface area contributed by atoms with Gasteiger partial charge in [-0.3, -0.25) is 0 Å². The lowest BCUT2D eigenvalue weighted by Crippen LogP contribution is -2.52. The Morgan fingerprint density at radius 3 is 2.25 bits per heavy atom. The molecule has 0 bridgehead atoms. The molecule has 0 saturated heterocycles. The zero-order chi connectivity index (χ0) is 6.62. The van der Waals surface area contributed by atoms with E-state index in [1.165, 1.54) is 7.11 Å². The van der Waals surface area contributed by atoms with Gasteiger partial charge in [-0.25, -0.2) is 0 Å². The lowest BCUT2D eigenvalue weighted by atomic mass is 10.8. The lowest BCUT2D eigenvalue weighted by Gasteiger charge is -2.20. The van der Waals surface area contributed by atoms with Crippen LogP contribution in [0.1, 0.15) is 6.92 Å². The van der Waals surface area contributed by atoms with E-state index in [2.05, 4.69) is 10.3 Å². The monoisotopic (exact) mass is 121 g/mol. The highest BCUT2D eigenvalue weighted by atomic mass is 17.0. The van der Waals surface area contributed by atoms with Crippen molar-refractivity contribution in [3.05, 3.63) is 0 Å². The van der Waals surface area contributed by atoms with Crippen LogP contribution < -0.4 is 5.43 Å². The van der Waals surface area contributed by atoms with Crippen molar-refractivity contribution in [2.75, 3.05) is 20.7 Å². The predicted octanol–water partition coefficient (Wildman–Crippen LogP) is -0.0919. The largest absolute Gasteiger partial charge is 0.160 e. The van der Waals surface area contributed by atoms with Crippen molar-refractivity contribution >= 4 is 0 Å². The Bertz CT molecular complexity index is 54.8. The second-order valence-electron chi connectivity index (χ2n) is 1.42. The summed E-state index contributed by atoms with van der Waals surface area (Å²) in [5.41, 5.74) is 2.55. The molecule has 8 heavy (non-hydrogen) atoms. The second-order valence-corrected chi connectivity index (χ2v) is 1.42. The van der Waals surface area contributed by atoms with Crippen molar-refractivity contribution in [2.45, 2.75) is 6.92 Å². The molecule has 50 valence electrons. The standard InChI is InChI=1S/C4H13N2O2/c1-4-6(7,5-2)8-3/h5,7H,4H2,1-3H3/q+1. The average molecular weight is 121 g/mol. The summed E-state index contributed by atoms with van der Waals surface area (Å²) in [7, 11) is 3.05. The van der Waals surface area contributed by atoms with Crippen LogP contribution in [-0.4, -0.2) is 30.8 Å². The van der Waals surface area contributed by atoms with E-state index >= 15 is 0 Å². The van der Waals surface area contributed by atoms with Crippen LogP contribution in [0.4, 0.5) is 0 Å². The Labute approximate surface area is 49.1 Å². The van der Waals surface area contributed by atoms with Crippen LogP contribution in [0.2, 0.25) is 0 Å². The van der Waals surface area contributed by atoms with Crippen molar-refractivity contribution in [1.82, 2.24) is 5.43 Å². The number of rotatable bonds is 3. The molecule has 0 rings (SSSR count). The molecule has 1 atom stereocenters. The summed E-state index contributed by atoms with van der Waals surface area (Å²) < 4.78 is 0. The molecule has 0 fully saturated rings. The highest BCUT2D eigenvalue weighted by Gasteiger charge is 2.19. The van der Waals surface area contributed by atoms with Gasteiger partial charge in [-0.15, -0.1) is 10.3 Å². The van der Waals surface area contributed by atoms with Gasteiger partial charge in [0, 0.05) is 12.0 Å². The number of hydroxylamine groups is 2. The van der Waals surface area contributed by atoms with E-state index in [1.807, 2.05) is 0 Å². The third-order valence-corrected chi connectivity index (χ3v) is 1.08. The van der Waals surface area contributed by atoms with Crippen molar-refractivity contribution < 1.29 is 15.0 Å². The van der Waals surface area contributed by atoms with E-state index in [0.29, 0.717) is 6.54 Å². The van der Waals surface area contributed by atoms with Gasteiger partial charge in [0.25, 0.3) is 0 Å². The first-order valence-corrected chi connectivity index (χ1v) is 2.54. The SMILES string of the molecule is CC[N+](O)(NC)OC. The number of quaternary nitrogens is 1. The number of nitrogens with zero attached hydrogens (tertiary/aromatic N) is 1. The average Bonchev–Trinajstić information content (AvgIpc) is 1.87. The van der Waals surface area contributed by atoms with E-state index in [1.54, 1.807) is 14.0 Å². The van der Waals surface area contributed by atoms with Gasteiger partial charge in [0.1, 0.15) is 7.11 Å². The van der Waals surface area contributed by atoms with Crippen LogP contribution in [0.5, 0.6) is 0 Å². The first-order valence-electron chi connectivity index (χ1n) is 2.54. The van der Waals surface area contributed by atoms with Gasteiger partial charge >= 0.3 is 0 Å². The smallest absolute Gasteiger partial charge is 0.160 e. The molecule has 0 saturated carbocycles. The molecule has 0 aliphatic rings. The van der Waals surface area contributed by atoms with Gasteiger partial charge in [0.15, 0.2) is 6.54 Å². The van der Waals surface area contributed by atoms with Gasteiger partial charge in [-0.05, 0) is 6.92 Å². The molecular weight excluding hydrogens is 108 g/mol. The van der Waals surface area contributed by atoms with Gasteiger partial charge < -0.3 is 0 Å². The van der Waals surface area contributed by atoms with Gasteiger partial charge in [-0.1, -0.05) is 0 Å². The summed E-state index contributed by atoms with van der Waals surface area (Å²) in [5.74, 6) is 0. The molecule has 0 aromatic rings. The maximum absolute atomic E-state index is 9.04. The molecule has 1 unspecified atom stereocenters. The Morgan fingerprint density at radius 2 is 2.25 bits per heavy atom. The van der Waals surface area contributed by atoms with Crippen molar-refractivity contribution in [1.29, 1.82) is 0 Å². The number of nitrogens with one attached hydrogen (secondary N) is 1. The number of hydrogen-bond acceptors (Lipinski definition) is 3. The van der Waals surface area contributed by atoms with E-state index in [0.717, 1.165) is 0 Å². The minimum atomic E-state index is -0.542. The molecule has 0 spiro atoms. The minimum absolute atomic E-state index is 0.479. The molecule has 4 nitrogen and oxygen atoms in total. The molecule has 0 amide bonds. The van der Waals surface area contributed by atoms with Crippen LogP contribution in [0.3, 0.4) is 0 Å². The van der Waals surface area contributed by atoms with E-state index in [9.17, 15) is 0 Å². The molecule has 0 aromatic carbocycles. The maximum Gasteiger partial charge on any atom is 0.160 e. The summed E-state index contributed by atoms with van der Waals surface area (Å²) in [5, 5.41) is 9.04. The van der Waals surface area contributed by atoms with E-state index < -0.39 is 4.92 Å². The first kappa shape index (κ1) is 7.84. The van der Waals surface area contributed by atoms with Crippen LogP contribution in [-0.2, 0) is 4.84 Å². The molecule has 2 N–H and O–H groups in total. The molecule has 0 aliphatic carbocycles. The fourth-order valence-corrected chi connectivity index (χ4v) is 0.379. The Kier molecular flexibility index (Phi) is 2.93.